The molecule has 2 aromatic carbocycles. The third-order valence-electron chi connectivity index (χ3n) is 3.24. The number of hydrogen-bond donors (Lipinski definition) is 2. The topological polar surface area (TPSA) is 75.3 Å². The van der Waals surface area contributed by atoms with E-state index in [1.54, 1.807) is 6.07 Å². The van der Waals surface area contributed by atoms with Crippen molar-refractivity contribution in [2.24, 2.45) is 0 Å². The van der Waals surface area contributed by atoms with E-state index in [2.05, 4.69) is 10.0 Å². The number of aryl methyl sites for hydroxylation is 2. The molecule has 0 fully saturated rings. The van der Waals surface area contributed by atoms with Crippen molar-refractivity contribution in [2.45, 2.75) is 18.7 Å². The van der Waals surface area contributed by atoms with E-state index >= 15 is 0 Å². The Kier molecular flexibility index (Phi) is 5.87. The molecule has 0 aliphatic carbocycles. The maximum absolute atomic E-state index is 12.1. The number of carbonyl (C=O) groups excluding carboxylic acids is 1. The van der Waals surface area contributed by atoms with Crippen LogP contribution in [-0.4, -0.2) is 20.9 Å². The van der Waals surface area contributed by atoms with Crippen LogP contribution in [0, 0.1) is 13.8 Å². The summed E-state index contributed by atoms with van der Waals surface area (Å²) in [6.07, 6.45) is 0. The highest BCUT2D eigenvalue weighted by molar-refractivity contribution is 7.89. The average molecular weight is 387 g/mol. The van der Waals surface area contributed by atoms with Crippen LogP contribution >= 0.6 is 23.2 Å². The molecule has 0 aliphatic rings. The number of carbonyl (C=O) groups is 1. The second-order valence-corrected chi connectivity index (χ2v) is 7.88. The molecule has 2 aromatic rings. The van der Waals surface area contributed by atoms with Gasteiger partial charge in [-0.05, 0) is 55.3 Å². The van der Waals surface area contributed by atoms with Crippen molar-refractivity contribution in [1.82, 2.24) is 4.72 Å². The SMILES string of the molecule is Cc1cc(C)c(NC(=O)CNS(=O)(=O)c2ccc(Cl)cc2)c(Cl)c1. The Balaban J connectivity index is 2.04. The van der Waals surface area contributed by atoms with Crippen LogP contribution in [0.5, 0.6) is 0 Å². The van der Waals surface area contributed by atoms with Crippen LogP contribution in [0.3, 0.4) is 0 Å². The summed E-state index contributed by atoms with van der Waals surface area (Å²) in [6.45, 7) is 3.30. The van der Waals surface area contributed by atoms with Gasteiger partial charge in [-0.15, -0.1) is 0 Å². The molecule has 2 N–H and O–H groups in total. The lowest BCUT2D eigenvalue weighted by molar-refractivity contribution is -0.115. The number of rotatable bonds is 5. The van der Waals surface area contributed by atoms with E-state index in [0.717, 1.165) is 11.1 Å². The Morgan fingerprint density at radius 3 is 2.29 bits per heavy atom. The third-order valence-corrected chi connectivity index (χ3v) is 5.21. The van der Waals surface area contributed by atoms with E-state index in [-0.39, 0.29) is 4.90 Å². The summed E-state index contributed by atoms with van der Waals surface area (Å²) >= 11 is 11.8. The predicted molar refractivity (Wildman–Crippen MR) is 96.2 cm³/mol. The lowest BCUT2D eigenvalue weighted by Gasteiger charge is -2.12. The standard InChI is InChI=1S/C16H16Cl2N2O3S/c1-10-7-11(2)16(14(18)8-10)20-15(21)9-19-24(22,23)13-5-3-12(17)4-6-13/h3-8,19H,9H2,1-2H3,(H,20,21). The zero-order valence-corrected chi connectivity index (χ0v) is 15.4. The summed E-state index contributed by atoms with van der Waals surface area (Å²) in [7, 11) is -3.79. The molecule has 0 atom stereocenters. The summed E-state index contributed by atoms with van der Waals surface area (Å²) in [5.41, 5.74) is 2.24. The molecular formula is C16H16Cl2N2O3S. The zero-order chi connectivity index (χ0) is 17.9. The summed E-state index contributed by atoms with van der Waals surface area (Å²) < 4.78 is 26.5. The number of amides is 1. The van der Waals surface area contributed by atoms with Crippen LogP contribution in [0.15, 0.2) is 41.3 Å². The van der Waals surface area contributed by atoms with Gasteiger partial charge >= 0.3 is 0 Å². The molecule has 0 bridgehead atoms. The smallest absolute Gasteiger partial charge is 0.241 e. The summed E-state index contributed by atoms with van der Waals surface area (Å²) in [4.78, 5) is 12.0. The van der Waals surface area contributed by atoms with Gasteiger partial charge in [0.05, 0.1) is 22.2 Å². The fraction of sp³-hybridized carbons (Fsp3) is 0.188. The lowest BCUT2D eigenvalue weighted by Crippen LogP contribution is -2.33. The molecule has 0 aromatic heterocycles. The quantitative estimate of drug-likeness (QED) is 0.824. The Morgan fingerprint density at radius 2 is 1.71 bits per heavy atom. The van der Waals surface area contributed by atoms with Gasteiger partial charge in [-0.3, -0.25) is 4.79 Å². The number of anilines is 1. The Labute approximate surface area is 151 Å². The average Bonchev–Trinajstić information content (AvgIpc) is 2.49. The van der Waals surface area contributed by atoms with Gasteiger partial charge in [0, 0.05) is 5.02 Å². The second kappa shape index (κ2) is 7.53. The predicted octanol–water partition coefficient (Wildman–Crippen LogP) is 3.53. The van der Waals surface area contributed by atoms with Gasteiger partial charge in [0.25, 0.3) is 0 Å². The summed E-state index contributed by atoms with van der Waals surface area (Å²) in [5, 5.41) is 3.45. The molecular weight excluding hydrogens is 371 g/mol. The van der Waals surface area contributed by atoms with Gasteiger partial charge in [-0.2, -0.15) is 0 Å². The minimum absolute atomic E-state index is 0.0317. The Morgan fingerprint density at radius 1 is 1.08 bits per heavy atom. The maximum Gasteiger partial charge on any atom is 0.241 e. The van der Waals surface area contributed by atoms with Gasteiger partial charge in [0.1, 0.15) is 0 Å². The van der Waals surface area contributed by atoms with E-state index in [1.807, 2.05) is 19.9 Å². The number of nitrogens with one attached hydrogen (secondary N) is 2. The highest BCUT2D eigenvalue weighted by Crippen LogP contribution is 2.27. The molecule has 0 unspecified atom stereocenters. The van der Waals surface area contributed by atoms with Crippen LogP contribution in [-0.2, 0) is 14.8 Å². The second-order valence-electron chi connectivity index (χ2n) is 5.27. The van der Waals surface area contributed by atoms with Crippen LogP contribution in [0.1, 0.15) is 11.1 Å². The molecule has 0 radical (unpaired) electrons. The van der Waals surface area contributed by atoms with Crippen molar-refractivity contribution in [1.29, 1.82) is 0 Å². The molecule has 8 heteroatoms. The highest BCUT2D eigenvalue weighted by atomic mass is 35.5. The summed E-state index contributed by atoms with van der Waals surface area (Å²) in [6, 6.07) is 9.26. The highest BCUT2D eigenvalue weighted by Gasteiger charge is 2.16. The number of hydrogen-bond acceptors (Lipinski definition) is 3. The van der Waals surface area contributed by atoms with Gasteiger partial charge in [0.2, 0.25) is 15.9 Å². The molecule has 0 saturated heterocycles. The molecule has 0 spiro atoms. The molecule has 0 heterocycles. The fourth-order valence-electron chi connectivity index (χ4n) is 2.12. The minimum atomic E-state index is -3.79. The van der Waals surface area contributed by atoms with Crippen LogP contribution in [0.4, 0.5) is 5.69 Å². The van der Waals surface area contributed by atoms with Gasteiger partial charge in [-0.1, -0.05) is 29.3 Å². The molecule has 128 valence electrons. The van der Waals surface area contributed by atoms with Gasteiger partial charge in [-0.25, -0.2) is 13.1 Å². The molecule has 0 aliphatic heterocycles. The van der Waals surface area contributed by atoms with Crippen molar-refractivity contribution in [2.75, 3.05) is 11.9 Å². The number of benzene rings is 2. The maximum atomic E-state index is 12.1. The van der Waals surface area contributed by atoms with E-state index in [1.165, 1.54) is 24.3 Å². The zero-order valence-electron chi connectivity index (χ0n) is 13.1. The van der Waals surface area contributed by atoms with Gasteiger partial charge in [0.15, 0.2) is 0 Å². The van der Waals surface area contributed by atoms with Crippen LogP contribution in [0.2, 0.25) is 10.0 Å². The molecule has 1 amide bonds. The van der Waals surface area contributed by atoms with Crippen molar-refractivity contribution < 1.29 is 13.2 Å². The van der Waals surface area contributed by atoms with E-state index in [9.17, 15) is 13.2 Å². The largest absolute Gasteiger partial charge is 0.323 e. The molecule has 0 saturated carbocycles. The lowest BCUT2D eigenvalue weighted by atomic mass is 10.1. The first-order chi connectivity index (χ1) is 11.2. The monoisotopic (exact) mass is 386 g/mol. The normalized spacial score (nSPS) is 11.3. The summed E-state index contributed by atoms with van der Waals surface area (Å²) in [5.74, 6) is -0.513. The number of halogens is 2. The molecule has 2 rings (SSSR count). The van der Waals surface area contributed by atoms with Gasteiger partial charge < -0.3 is 5.32 Å². The fourth-order valence-corrected chi connectivity index (χ4v) is 3.59. The first kappa shape index (κ1) is 18.7. The third kappa shape index (κ3) is 4.70. The van der Waals surface area contributed by atoms with E-state index in [4.69, 9.17) is 23.2 Å². The number of sulfonamides is 1. The Hall–Kier alpha value is -1.60. The first-order valence-electron chi connectivity index (χ1n) is 7.01. The Bertz CT molecular complexity index is 842. The van der Waals surface area contributed by atoms with Crippen molar-refractivity contribution in [3.63, 3.8) is 0 Å². The van der Waals surface area contributed by atoms with E-state index < -0.39 is 22.5 Å². The van der Waals surface area contributed by atoms with E-state index in [0.29, 0.717) is 15.7 Å². The molecule has 5 nitrogen and oxygen atoms in total. The minimum Gasteiger partial charge on any atom is -0.323 e. The van der Waals surface area contributed by atoms with Crippen molar-refractivity contribution in [3.8, 4) is 0 Å². The molecule has 24 heavy (non-hydrogen) atoms. The first-order valence-corrected chi connectivity index (χ1v) is 9.25. The van der Waals surface area contributed by atoms with Crippen LogP contribution in [0.25, 0.3) is 0 Å². The van der Waals surface area contributed by atoms with Crippen molar-refractivity contribution in [3.05, 3.63) is 57.6 Å². The van der Waals surface area contributed by atoms with Crippen molar-refractivity contribution >= 4 is 44.8 Å². The van der Waals surface area contributed by atoms with Crippen LogP contribution < -0.4 is 10.0 Å².